The van der Waals surface area contributed by atoms with E-state index in [1.807, 2.05) is 24.3 Å². The molecule has 0 amide bonds. The summed E-state index contributed by atoms with van der Waals surface area (Å²) in [5.41, 5.74) is 7.56. The van der Waals surface area contributed by atoms with E-state index in [1.54, 1.807) is 11.9 Å². The summed E-state index contributed by atoms with van der Waals surface area (Å²) in [5, 5.41) is 0. The van der Waals surface area contributed by atoms with Crippen LogP contribution in [0.15, 0.2) is 24.3 Å². The highest BCUT2D eigenvalue weighted by molar-refractivity contribution is 5.40. The zero-order valence-electron chi connectivity index (χ0n) is 10.4. The second kappa shape index (κ2) is 6.55. The standard InChI is InChI=1S/C13H20F2N2/c1-10(7-8-17(2)9-13(14)15)11-3-5-12(16)6-4-11/h3-6,10,13H,7-9,16H2,1-2H3. The number of anilines is 1. The maximum atomic E-state index is 12.1. The fourth-order valence-corrected chi connectivity index (χ4v) is 1.73. The molecule has 2 nitrogen and oxygen atoms in total. The number of nitrogen functional groups attached to an aromatic ring is 1. The second-order valence-corrected chi connectivity index (χ2v) is 4.51. The first-order valence-corrected chi connectivity index (χ1v) is 5.81. The lowest BCUT2D eigenvalue weighted by molar-refractivity contribution is 0.0992. The third-order valence-corrected chi connectivity index (χ3v) is 2.90. The van der Waals surface area contributed by atoms with Crippen LogP contribution in [0.25, 0.3) is 0 Å². The molecule has 1 aromatic rings. The number of nitrogens with zero attached hydrogens (tertiary/aromatic N) is 1. The summed E-state index contributed by atoms with van der Waals surface area (Å²) in [7, 11) is 1.72. The molecule has 4 heteroatoms. The van der Waals surface area contributed by atoms with Gasteiger partial charge in [-0.2, -0.15) is 0 Å². The van der Waals surface area contributed by atoms with Crippen LogP contribution in [0.3, 0.4) is 0 Å². The molecule has 0 saturated heterocycles. The summed E-state index contributed by atoms with van der Waals surface area (Å²) < 4.78 is 24.2. The molecule has 0 aliphatic heterocycles. The predicted molar refractivity (Wildman–Crippen MR) is 67.4 cm³/mol. The van der Waals surface area contributed by atoms with Crippen molar-refractivity contribution in [2.24, 2.45) is 0 Å². The Morgan fingerprint density at radius 1 is 1.24 bits per heavy atom. The van der Waals surface area contributed by atoms with E-state index in [0.717, 1.165) is 12.1 Å². The van der Waals surface area contributed by atoms with Crippen molar-refractivity contribution in [1.29, 1.82) is 0 Å². The third kappa shape index (κ3) is 5.13. The van der Waals surface area contributed by atoms with Crippen molar-refractivity contribution in [3.05, 3.63) is 29.8 Å². The summed E-state index contributed by atoms with van der Waals surface area (Å²) in [6.07, 6.45) is -1.39. The summed E-state index contributed by atoms with van der Waals surface area (Å²) in [4.78, 5) is 1.67. The second-order valence-electron chi connectivity index (χ2n) is 4.51. The van der Waals surface area contributed by atoms with Gasteiger partial charge in [-0.3, -0.25) is 0 Å². The molecule has 0 saturated carbocycles. The van der Waals surface area contributed by atoms with Gasteiger partial charge in [0.05, 0.1) is 6.54 Å². The lowest BCUT2D eigenvalue weighted by Crippen LogP contribution is -2.26. The quantitative estimate of drug-likeness (QED) is 0.777. The van der Waals surface area contributed by atoms with E-state index >= 15 is 0 Å². The largest absolute Gasteiger partial charge is 0.399 e. The van der Waals surface area contributed by atoms with Crippen LogP contribution in [0.5, 0.6) is 0 Å². The van der Waals surface area contributed by atoms with Crippen LogP contribution in [-0.2, 0) is 0 Å². The molecule has 2 N–H and O–H groups in total. The van der Waals surface area contributed by atoms with Crippen molar-refractivity contribution in [3.8, 4) is 0 Å². The van der Waals surface area contributed by atoms with Gasteiger partial charge in [-0.15, -0.1) is 0 Å². The number of benzene rings is 1. The van der Waals surface area contributed by atoms with E-state index in [1.165, 1.54) is 5.56 Å². The Balaban J connectivity index is 2.39. The Morgan fingerprint density at radius 2 is 1.82 bits per heavy atom. The van der Waals surface area contributed by atoms with Crippen LogP contribution in [0.2, 0.25) is 0 Å². The minimum Gasteiger partial charge on any atom is -0.399 e. The normalized spacial score (nSPS) is 13.3. The molecule has 0 aliphatic rings. The van der Waals surface area contributed by atoms with Gasteiger partial charge in [-0.1, -0.05) is 19.1 Å². The zero-order chi connectivity index (χ0) is 12.8. The number of hydrogen-bond donors (Lipinski definition) is 1. The Hall–Kier alpha value is -1.16. The highest BCUT2D eigenvalue weighted by Crippen LogP contribution is 2.20. The fraction of sp³-hybridized carbons (Fsp3) is 0.538. The van der Waals surface area contributed by atoms with Crippen molar-refractivity contribution in [1.82, 2.24) is 4.90 Å². The Bertz CT molecular complexity index is 325. The number of alkyl halides is 2. The van der Waals surface area contributed by atoms with Crippen molar-refractivity contribution < 1.29 is 8.78 Å². The Kier molecular flexibility index (Phi) is 5.35. The highest BCUT2D eigenvalue weighted by atomic mass is 19.3. The number of hydrogen-bond acceptors (Lipinski definition) is 2. The van der Waals surface area contributed by atoms with Gasteiger partial charge in [0.1, 0.15) is 0 Å². The Morgan fingerprint density at radius 3 is 2.35 bits per heavy atom. The van der Waals surface area contributed by atoms with Gasteiger partial charge in [0.25, 0.3) is 6.43 Å². The van der Waals surface area contributed by atoms with Crippen LogP contribution in [0.4, 0.5) is 14.5 Å². The van der Waals surface area contributed by atoms with Crippen molar-refractivity contribution in [2.45, 2.75) is 25.7 Å². The van der Waals surface area contributed by atoms with E-state index in [2.05, 4.69) is 6.92 Å². The third-order valence-electron chi connectivity index (χ3n) is 2.90. The molecule has 0 heterocycles. The van der Waals surface area contributed by atoms with Gasteiger partial charge in [-0.25, -0.2) is 8.78 Å². The van der Waals surface area contributed by atoms with E-state index in [-0.39, 0.29) is 6.54 Å². The fourth-order valence-electron chi connectivity index (χ4n) is 1.73. The van der Waals surface area contributed by atoms with Crippen molar-refractivity contribution in [3.63, 3.8) is 0 Å². The summed E-state index contributed by atoms with van der Waals surface area (Å²) in [6, 6.07) is 7.73. The van der Waals surface area contributed by atoms with Gasteiger partial charge in [0, 0.05) is 5.69 Å². The monoisotopic (exact) mass is 242 g/mol. The smallest absolute Gasteiger partial charge is 0.251 e. The molecule has 0 radical (unpaired) electrons. The molecule has 1 rings (SSSR count). The lowest BCUT2D eigenvalue weighted by Gasteiger charge is -2.19. The van der Waals surface area contributed by atoms with Crippen LogP contribution < -0.4 is 5.73 Å². The van der Waals surface area contributed by atoms with Gasteiger partial charge in [0.15, 0.2) is 0 Å². The molecule has 17 heavy (non-hydrogen) atoms. The number of halogens is 2. The SMILES string of the molecule is CC(CCN(C)CC(F)F)c1ccc(N)cc1. The van der Waals surface area contributed by atoms with Crippen LogP contribution in [0.1, 0.15) is 24.8 Å². The van der Waals surface area contributed by atoms with Gasteiger partial charge >= 0.3 is 0 Å². The average Bonchev–Trinajstić information content (AvgIpc) is 2.26. The maximum Gasteiger partial charge on any atom is 0.251 e. The molecule has 0 aliphatic carbocycles. The van der Waals surface area contributed by atoms with E-state index in [9.17, 15) is 8.78 Å². The molecule has 0 bridgehead atoms. The number of rotatable bonds is 6. The van der Waals surface area contributed by atoms with Gasteiger partial charge in [-0.05, 0) is 43.6 Å². The van der Waals surface area contributed by atoms with E-state index in [4.69, 9.17) is 5.73 Å². The molecule has 0 spiro atoms. The molecular formula is C13H20F2N2. The Labute approximate surface area is 101 Å². The molecule has 1 aromatic carbocycles. The predicted octanol–water partition coefficient (Wildman–Crippen LogP) is 2.96. The summed E-state index contributed by atoms with van der Waals surface area (Å²) in [5.74, 6) is 0.357. The topological polar surface area (TPSA) is 29.3 Å². The van der Waals surface area contributed by atoms with Crippen molar-refractivity contribution in [2.75, 3.05) is 25.9 Å². The van der Waals surface area contributed by atoms with Crippen LogP contribution >= 0.6 is 0 Å². The van der Waals surface area contributed by atoms with Crippen molar-refractivity contribution >= 4 is 5.69 Å². The highest BCUT2D eigenvalue weighted by Gasteiger charge is 2.10. The first-order valence-electron chi connectivity index (χ1n) is 5.81. The molecule has 1 atom stereocenters. The lowest BCUT2D eigenvalue weighted by atomic mass is 9.97. The summed E-state index contributed by atoms with van der Waals surface area (Å²) >= 11 is 0. The first-order chi connectivity index (χ1) is 7.99. The van der Waals surface area contributed by atoms with Gasteiger partial charge in [0.2, 0.25) is 0 Å². The van der Waals surface area contributed by atoms with Crippen LogP contribution in [0, 0.1) is 0 Å². The van der Waals surface area contributed by atoms with E-state index in [0.29, 0.717) is 12.5 Å². The minimum absolute atomic E-state index is 0.158. The minimum atomic E-state index is -2.26. The van der Waals surface area contributed by atoms with Gasteiger partial charge < -0.3 is 10.6 Å². The molecule has 1 unspecified atom stereocenters. The molecular weight excluding hydrogens is 222 g/mol. The number of nitrogens with two attached hydrogens (primary N) is 1. The average molecular weight is 242 g/mol. The molecule has 0 aromatic heterocycles. The maximum absolute atomic E-state index is 12.1. The molecule has 0 fully saturated rings. The molecule has 96 valence electrons. The van der Waals surface area contributed by atoms with E-state index < -0.39 is 6.43 Å². The first kappa shape index (κ1) is 13.9. The van der Waals surface area contributed by atoms with Crippen LogP contribution in [-0.4, -0.2) is 31.5 Å². The zero-order valence-corrected chi connectivity index (χ0v) is 10.4. The summed E-state index contributed by atoms with van der Waals surface area (Å²) in [6.45, 7) is 2.62.